The van der Waals surface area contributed by atoms with Crippen molar-refractivity contribution in [3.05, 3.63) is 77.2 Å². The molecule has 0 aliphatic rings. The molecule has 106 valence electrons. The minimum atomic E-state index is -0.272. The van der Waals surface area contributed by atoms with Gasteiger partial charge in [0.05, 0.1) is 11.6 Å². The third-order valence-corrected chi connectivity index (χ3v) is 3.66. The number of hydrazine groups is 1. The number of hydrogen-bond donors (Lipinski definition) is 2. The summed E-state index contributed by atoms with van der Waals surface area (Å²) in [4.78, 5) is 4.34. The third kappa shape index (κ3) is 2.63. The summed E-state index contributed by atoms with van der Waals surface area (Å²) in [6.45, 7) is 1.74. The first-order valence-corrected chi connectivity index (χ1v) is 6.76. The summed E-state index contributed by atoms with van der Waals surface area (Å²) in [7, 11) is 0. The number of nitrogens with two attached hydrogens (primary N) is 1. The third-order valence-electron chi connectivity index (χ3n) is 3.66. The predicted octanol–water partition coefficient (Wildman–Crippen LogP) is 3.24. The maximum Gasteiger partial charge on any atom is 0.126 e. The van der Waals surface area contributed by atoms with E-state index in [0.29, 0.717) is 5.56 Å². The summed E-state index contributed by atoms with van der Waals surface area (Å²) in [5.41, 5.74) is 6.00. The van der Waals surface area contributed by atoms with Gasteiger partial charge >= 0.3 is 0 Å². The fraction of sp³-hybridized carbons (Fsp3) is 0.118. The summed E-state index contributed by atoms with van der Waals surface area (Å²) < 4.78 is 13.8. The first-order chi connectivity index (χ1) is 10.2. The number of hydrogen-bond acceptors (Lipinski definition) is 3. The fourth-order valence-electron chi connectivity index (χ4n) is 2.44. The molecule has 0 aliphatic carbocycles. The standard InChI is InChI=1S/C17H16FN3/c1-11-4-5-13(9-15(11)18)17(21-19)14-7-6-12-3-2-8-20-16(12)10-14/h2-10,17,21H,19H2,1H3. The number of halogens is 1. The molecule has 3 nitrogen and oxygen atoms in total. The van der Waals surface area contributed by atoms with Gasteiger partial charge in [0.2, 0.25) is 0 Å². The van der Waals surface area contributed by atoms with Gasteiger partial charge < -0.3 is 0 Å². The van der Waals surface area contributed by atoms with E-state index in [-0.39, 0.29) is 11.9 Å². The lowest BCUT2D eigenvalue weighted by atomic mass is 9.97. The highest BCUT2D eigenvalue weighted by atomic mass is 19.1. The van der Waals surface area contributed by atoms with E-state index >= 15 is 0 Å². The van der Waals surface area contributed by atoms with Crippen molar-refractivity contribution in [1.82, 2.24) is 10.4 Å². The van der Waals surface area contributed by atoms with Crippen molar-refractivity contribution in [3.63, 3.8) is 0 Å². The average Bonchev–Trinajstić information content (AvgIpc) is 2.51. The molecule has 1 unspecified atom stereocenters. The van der Waals surface area contributed by atoms with Crippen molar-refractivity contribution in [1.29, 1.82) is 0 Å². The second-order valence-corrected chi connectivity index (χ2v) is 5.06. The number of aromatic nitrogens is 1. The van der Waals surface area contributed by atoms with Gasteiger partial charge in [-0.2, -0.15) is 0 Å². The Labute approximate surface area is 122 Å². The Morgan fingerprint density at radius 3 is 2.62 bits per heavy atom. The largest absolute Gasteiger partial charge is 0.271 e. The highest BCUT2D eigenvalue weighted by molar-refractivity contribution is 5.79. The molecule has 0 fully saturated rings. The van der Waals surface area contributed by atoms with E-state index in [0.717, 1.165) is 22.0 Å². The van der Waals surface area contributed by atoms with Gasteiger partial charge in [-0.15, -0.1) is 0 Å². The molecule has 3 aromatic rings. The molecule has 4 heteroatoms. The van der Waals surface area contributed by atoms with Crippen LogP contribution in [0.5, 0.6) is 0 Å². The van der Waals surface area contributed by atoms with Gasteiger partial charge in [0.1, 0.15) is 5.82 Å². The average molecular weight is 281 g/mol. The lowest BCUT2D eigenvalue weighted by Gasteiger charge is -2.18. The molecule has 0 saturated carbocycles. The Kier molecular flexibility index (Phi) is 3.64. The van der Waals surface area contributed by atoms with E-state index < -0.39 is 0 Å². The maximum absolute atomic E-state index is 13.8. The van der Waals surface area contributed by atoms with Crippen LogP contribution in [-0.2, 0) is 0 Å². The van der Waals surface area contributed by atoms with Gasteiger partial charge in [0, 0.05) is 11.6 Å². The minimum absolute atomic E-state index is 0.230. The summed E-state index contributed by atoms with van der Waals surface area (Å²) in [5.74, 6) is 5.45. The highest BCUT2D eigenvalue weighted by Gasteiger charge is 2.14. The molecular formula is C17H16FN3. The molecule has 0 amide bonds. The van der Waals surface area contributed by atoms with Crippen LogP contribution in [0.25, 0.3) is 10.9 Å². The zero-order valence-electron chi connectivity index (χ0n) is 11.7. The van der Waals surface area contributed by atoms with Gasteiger partial charge in [0.15, 0.2) is 0 Å². The van der Waals surface area contributed by atoms with Crippen molar-refractivity contribution >= 4 is 10.9 Å². The molecule has 21 heavy (non-hydrogen) atoms. The van der Waals surface area contributed by atoms with Crippen molar-refractivity contribution < 1.29 is 4.39 Å². The Bertz CT molecular complexity index is 786. The Hall–Kier alpha value is -2.30. The summed E-state index contributed by atoms with van der Waals surface area (Å²) in [6.07, 6.45) is 1.75. The lowest BCUT2D eigenvalue weighted by Crippen LogP contribution is -2.29. The van der Waals surface area contributed by atoms with Crippen LogP contribution in [0.15, 0.2) is 54.7 Å². The SMILES string of the molecule is Cc1ccc(C(NN)c2ccc3cccnc3c2)cc1F. The van der Waals surface area contributed by atoms with Crippen LogP contribution in [0.1, 0.15) is 22.7 Å². The highest BCUT2D eigenvalue weighted by Crippen LogP contribution is 2.25. The Morgan fingerprint density at radius 1 is 1.10 bits per heavy atom. The van der Waals surface area contributed by atoms with E-state index in [9.17, 15) is 4.39 Å². The van der Waals surface area contributed by atoms with E-state index in [4.69, 9.17) is 5.84 Å². The van der Waals surface area contributed by atoms with Crippen LogP contribution in [-0.4, -0.2) is 4.98 Å². The van der Waals surface area contributed by atoms with Gasteiger partial charge in [-0.25, -0.2) is 9.82 Å². The van der Waals surface area contributed by atoms with Crippen molar-refractivity contribution in [2.45, 2.75) is 13.0 Å². The second-order valence-electron chi connectivity index (χ2n) is 5.06. The summed E-state index contributed by atoms with van der Waals surface area (Å²) in [5, 5.41) is 1.06. The second kappa shape index (κ2) is 5.60. The molecule has 1 aromatic heterocycles. The van der Waals surface area contributed by atoms with Crippen molar-refractivity contribution in [2.24, 2.45) is 5.84 Å². The van der Waals surface area contributed by atoms with Crippen molar-refractivity contribution in [2.75, 3.05) is 0 Å². The van der Waals surface area contributed by atoms with Crippen LogP contribution in [0.4, 0.5) is 4.39 Å². The molecule has 2 aromatic carbocycles. The summed E-state index contributed by atoms with van der Waals surface area (Å²) >= 11 is 0. The Balaban J connectivity index is 2.06. The number of rotatable bonds is 3. The predicted molar refractivity (Wildman–Crippen MR) is 82.0 cm³/mol. The number of benzene rings is 2. The summed E-state index contributed by atoms with van der Waals surface area (Å²) in [6, 6.07) is 14.7. The number of aryl methyl sites for hydroxylation is 1. The molecular weight excluding hydrogens is 265 g/mol. The first-order valence-electron chi connectivity index (χ1n) is 6.76. The van der Waals surface area contributed by atoms with Gasteiger partial charge in [-0.1, -0.05) is 30.3 Å². The van der Waals surface area contributed by atoms with Crippen LogP contribution in [0.2, 0.25) is 0 Å². The molecule has 0 saturated heterocycles. The van der Waals surface area contributed by atoms with Gasteiger partial charge in [-0.3, -0.25) is 10.8 Å². The van der Waals surface area contributed by atoms with Gasteiger partial charge in [-0.05, 0) is 41.8 Å². The topological polar surface area (TPSA) is 50.9 Å². The fourth-order valence-corrected chi connectivity index (χ4v) is 2.44. The van der Waals surface area contributed by atoms with E-state index in [2.05, 4.69) is 10.4 Å². The molecule has 0 spiro atoms. The number of nitrogens with zero attached hydrogens (tertiary/aromatic N) is 1. The van der Waals surface area contributed by atoms with E-state index in [1.54, 1.807) is 19.2 Å². The number of nitrogens with one attached hydrogen (secondary N) is 1. The number of fused-ring (bicyclic) bond motifs is 1. The molecule has 3 rings (SSSR count). The Morgan fingerprint density at radius 2 is 1.86 bits per heavy atom. The smallest absolute Gasteiger partial charge is 0.126 e. The van der Waals surface area contributed by atoms with Gasteiger partial charge in [0.25, 0.3) is 0 Å². The van der Waals surface area contributed by atoms with Crippen LogP contribution < -0.4 is 11.3 Å². The maximum atomic E-state index is 13.8. The van der Waals surface area contributed by atoms with Crippen molar-refractivity contribution in [3.8, 4) is 0 Å². The van der Waals surface area contributed by atoms with Crippen LogP contribution >= 0.6 is 0 Å². The molecule has 0 aliphatic heterocycles. The van der Waals surface area contributed by atoms with Crippen LogP contribution in [0, 0.1) is 12.7 Å². The zero-order chi connectivity index (χ0) is 14.8. The van der Waals surface area contributed by atoms with E-state index in [1.807, 2.05) is 36.4 Å². The van der Waals surface area contributed by atoms with E-state index in [1.165, 1.54) is 6.07 Å². The quantitative estimate of drug-likeness (QED) is 0.572. The zero-order valence-corrected chi connectivity index (χ0v) is 11.7. The molecule has 3 N–H and O–H groups in total. The normalized spacial score (nSPS) is 12.5. The number of pyridine rings is 1. The monoisotopic (exact) mass is 281 g/mol. The lowest BCUT2D eigenvalue weighted by molar-refractivity contribution is 0.599. The van der Waals surface area contributed by atoms with Crippen LogP contribution in [0.3, 0.4) is 0 Å². The first kappa shape index (κ1) is 13.7. The molecule has 0 bridgehead atoms. The molecule has 1 heterocycles. The molecule has 0 radical (unpaired) electrons. The minimum Gasteiger partial charge on any atom is -0.271 e. The molecule has 1 atom stereocenters.